The molecule has 0 aliphatic carbocycles. The van der Waals surface area contributed by atoms with Crippen molar-refractivity contribution in [3.63, 3.8) is 0 Å². The number of nitrogens with one attached hydrogen (secondary N) is 3. The van der Waals surface area contributed by atoms with Crippen LogP contribution in [0.3, 0.4) is 0 Å². The number of carbonyl (C=O) groups excluding carboxylic acids is 1. The van der Waals surface area contributed by atoms with Crippen LogP contribution in [0.5, 0.6) is 5.75 Å². The average Bonchev–Trinajstić information content (AvgIpc) is 3.25. The molecular weight excluding hydrogens is 498 g/mol. The van der Waals surface area contributed by atoms with E-state index in [1.54, 1.807) is 13.2 Å². The van der Waals surface area contributed by atoms with E-state index in [0.29, 0.717) is 12.3 Å². The molecule has 1 aromatic heterocycles. The molecule has 3 rings (SSSR count). The highest BCUT2D eigenvalue weighted by Crippen LogP contribution is 2.15. The Labute approximate surface area is 206 Å². The normalized spacial score (nSPS) is 13.1. The molecule has 1 amide bonds. The summed E-state index contributed by atoms with van der Waals surface area (Å²) in [6.45, 7) is 0.410. The molecule has 10 nitrogen and oxygen atoms in total. The highest BCUT2D eigenvalue weighted by atomic mass is 32.2. The summed E-state index contributed by atoms with van der Waals surface area (Å²) in [4.78, 5) is 16.5. The number of methoxy groups -OCH3 is 1. The van der Waals surface area contributed by atoms with E-state index in [2.05, 4.69) is 15.6 Å². The van der Waals surface area contributed by atoms with Crippen LogP contribution >= 0.6 is 0 Å². The lowest BCUT2D eigenvalue weighted by molar-refractivity contribution is 0.0825. The molecular formula is C23H26F2N4O6S. The van der Waals surface area contributed by atoms with Gasteiger partial charge in [0.15, 0.2) is 5.69 Å². The second kappa shape index (κ2) is 11.9. The maximum Gasteiger partial charge on any atom is 0.309 e. The number of sulfonamides is 1. The van der Waals surface area contributed by atoms with Crippen LogP contribution in [-0.4, -0.2) is 56.5 Å². The largest absolute Gasteiger partial charge is 0.497 e. The number of benzene rings is 2. The first-order valence-electron chi connectivity index (χ1n) is 10.7. The van der Waals surface area contributed by atoms with E-state index < -0.39 is 45.7 Å². The van der Waals surface area contributed by atoms with Crippen molar-refractivity contribution in [1.29, 1.82) is 0 Å². The van der Waals surface area contributed by atoms with E-state index in [4.69, 9.17) is 9.15 Å². The predicted molar refractivity (Wildman–Crippen MR) is 127 cm³/mol. The van der Waals surface area contributed by atoms with Gasteiger partial charge in [0, 0.05) is 19.2 Å². The van der Waals surface area contributed by atoms with Crippen molar-refractivity contribution < 1.29 is 36.3 Å². The Hall–Kier alpha value is -3.55. The molecule has 0 aliphatic heterocycles. The lowest BCUT2D eigenvalue weighted by Crippen LogP contribution is -2.48. The van der Waals surface area contributed by atoms with Crippen molar-refractivity contribution in [3.05, 3.63) is 77.2 Å². The SMILES string of the molecule is COc1cccc(CNC[C@H](O)[C@H](Cc2cc(F)cc(F)c2)NC(=O)c2coc(NS(C)(=O)=O)n2)c1. The number of hydrogen-bond donors (Lipinski definition) is 4. The average molecular weight is 525 g/mol. The van der Waals surface area contributed by atoms with E-state index >= 15 is 0 Å². The fraction of sp³-hybridized carbons (Fsp3) is 0.304. The molecule has 13 heteroatoms. The Bertz CT molecular complexity index is 1280. The predicted octanol–water partition coefficient (Wildman–Crippen LogP) is 1.82. The minimum absolute atomic E-state index is 0.0274. The Morgan fingerprint density at radius 1 is 1.17 bits per heavy atom. The van der Waals surface area contributed by atoms with Crippen LogP contribution in [-0.2, 0) is 23.0 Å². The summed E-state index contributed by atoms with van der Waals surface area (Å²) in [6, 6.07) is 8.82. The molecule has 0 fully saturated rings. The lowest BCUT2D eigenvalue weighted by atomic mass is 10.0. The quantitative estimate of drug-likeness (QED) is 0.281. The van der Waals surface area contributed by atoms with Crippen molar-refractivity contribution in [2.45, 2.75) is 25.1 Å². The van der Waals surface area contributed by atoms with Crippen LogP contribution in [0.4, 0.5) is 14.8 Å². The van der Waals surface area contributed by atoms with Crippen molar-refractivity contribution in [1.82, 2.24) is 15.6 Å². The molecule has 194 valence electrons. The number of amides is 1. The van der Waals surface area contributed by atoms with Crippen LogP contribution < -0.4 is 20.1 Å². The number of oxazole rings is 1. The first-order chi connectivity index (χ1) is 17.0. The minimum Gasteiger partial charge on any atom is -0.497 e. The van der Waals surface area contributed by atoms with Gasteiger partial charge in [-0.25, -0.2) is 21.9 Å². The summed E-state index contributed by atoms with van der Waals surface area (Å²) in [7, 11) is -2.13. The zero-order valence-electron chi connectivity index (χ0n) is 19.5. The van der Waals surface area contributed by atoms with E-state index in [1.807, 2.05) is 22.9 Å². The fourth-order valence-corrected chi connectivity index (χ4v) is 3.79. The Kier molecular flexibility index (Phi) is 8.96. The van der Waals surface area contributed by atoms with Gasteiger partial charge in [0.2, 0.25) is 10.0 Å². The second-order valence-electron chi connectivity index (χ2n) is 8.02. The molecule has 0 unspecified atom stereocenters. The third-order valence-electron chi connectivity index (χ3n) is 4.99. The highest BCUT2D eigenvalue weighted by Gasteiger charge is 2.25. The van der Waals surface area contributed by atoms with Crippen LogP contribution in [0, 0.1) is 11.6 Å². The third kappa shape index (κ3) is 8.29. The zero-order valence-corrected chi connectivity index (χ0v) is 20.3. The molecule has 2 aromatic carbocycles. The van der Waals surface area contributed by atoms with Gasteiger partial charge in [-0.3, -0.25) is 4.79 Å². The van der Waals surface area contributed by atoms with Gasteiger partial charge in [0.05, 0.1) is 25.5 Å². The van der Waals surface area contributed by atoms with Crippen molar-refractivity contribution in [3.8, 4) is 5.75 Å². The zero-order chi connectivity index (χ0) is 26.3. The summed E-state index contributed by atoms with van der Waals surface area (Å²) in [5.74, 6) is -1.71. The third-order valence-corrected chi connectivity index (χ3v) is 5.53. The highest BCUT2D eigenvalue weighted by molar-refractivity contribution is 7.91. The number of aromatic nitrogens is 1. The minimum atomic E-state index is -3.68. The molecule has 0 radical (unpaired) electrons. The Morgan fingerprint density at radius 2 is 1.89 bits per heavy atom. The molecule has 0 saturated carbocycles. The molecule has 0 spiro atoms. The molecule has 0 bridgehead atoms. The summed E-state index contributed by atoms with van der Waals surface area (Å²) >= 11 is 0. The standard InChI is InChI=1S/C23H26F2N4O6S/c1-34-18-5-3-4-14(8-18)11-26-12-21(30)19(9-15-6-16(24)10-17(25)7-15)27-22(31)20-13-35-23(28-20)29-36(2,32)33/h3-8,10,13,19,21,26,30H,9,11-12H2,1-2H3,(H,27,31)(H,28,29)/t19-,21-/m0/s1. The number of aliphatic hydroxyl groups is 1. The monoisotopic (exact) mass is 524 g/mol. The number of nitrogens with zero attached hydrogens (tertiary/aromatic N) is 1. The maximum atomic E-state index is 13.7. The van der Waals surface area contributed by atoms with Crippen LogP contribution in [0.25, 0.3) is 0 Å². The molecule has 4 N–H and O–H groups in total. The van der Waals surface area contributed by atoms with Gasteiger partial charge in [-0.05, 0) is 41.8 Å². The Morgan fingerprint density at radius 3 is 2.56 bits per heavy atom. The van der Waals surface area contributed by atoms with Crippen LogP contribution in [0.1, 0.15) is 21.6 Å². The number of carbonyl (C=O) groups is 1. The smallest absolute Gasteiger partial charge is 0.309 e. The van der Waals surface area contributed by atoms with Crippen LogP contribution in [0.15, 0.2) is 53.1 Å². The van der Waals surface area contributed by atoms with E-state index in [9.17, 15) is 27.1 Å². The molecule has 0 aliphatic rings. The topological polar surface area (TPSA) is 143 Å². The number of ether oxygens (including phenoxy) is 1. The van der Waals surface area contributed by atoms with Crippen molar-refractivity contribution >= 4 is 21.9 Å². The number of rotatable bonds is 12. The van der Waals surface area contributed by atoms with Gasteiger partial charge in [-0.1, -0.05) is 12.1 Å². The first kappa shape index (κ1) is 27.0. The molecule has 36 heavy (non-hydrogen) atoms. The second-order valence-corrected chi connectivity index (χ2v) is 9.77. The summed E-state index contributed by atoms with van der Waals surface area (Å²) < 4.78 is 62.2. The van der Waals surface area contributed by atoms with Gasteiger partial charge in [-0.2, -0.15) is 4.98 Å². The maximum absolute atomic E-state index is 13.7. The van der Waals surface area contributed by atoms with Gasteiger partial charge in [-0.15, -0.1) is 0 Å². The van der Waals surface area contributed by atoms with Gasteiger partial charge in [0.25, 0.3) is 5.91 Å². The molecule has 0 saturated heterocycles. The number of aliphatic hydroxyl groups excluding tert-OH is 1. The summed E-state index contributed by atoms with van der Waals surface area (Å²) in [6.07, 6.45) is 0.551. The van der Waals surface area contributed by atoms with Crippen LogP contribution in [0.2, 0.25) is 0 Å². The molecule has 2 atom stereocenters. The summed E-state index contributed by atoms with van der Waals surface area (Å²) in [5.41, 5.74) is 0.847. The van der Waals surface area contributed by atoms with Gasteiger partial charge in [0.1, 0.15) is 23.6 Å². The van der Waals surface area contributed by atoms with E-state index in [0.717, 1.165) is 36.3 Å². The fourth-order valence-electron chi connectivity index (χ4n) is 3.38. The summed E-state index contributed by atoms with van der Waals surface area (Å²) in [5, 5.41) is 16.5. The van der Waals surface area contributed by atoms with E-state index in [1.165, 1.54) is 0 Å². The van der Waals surface area contributed by atoms with Crippen molar-refractivity contribution in [2.75, 3.05) is 24.6 Å². The number of hydrogen-bond acceptors (Lipinski definition) is 8. The Balaban J connectivity index is 1.71. The molecule has 1 heterocycles. The lowest BCUT2D eigenvalue weighted by Gasteiger charge is -2.24. The van der Waals surface area contributed by atoms with Gasteiger partial charge < -0.3 is 24.9 Å². The first-order valence-corrected chi connectivity index (χ1v) is 12.6. The molecule has 3 aromatic rings. The number of anilines is 1. The number of halogens is 2. The van der Waals surface area contributed by atoms with Gasteiger partial charge >= 0.3 is 6.01 Å². The van der Waals surface area contributed by atoms with Crippen molar-refractivity contribution in [2.24, 2.45) is 0 Å². The van der Waals surface area contributed by atoms with E-state index in [-0.39, 0.29) is 24.2 Å².